The molecule has 39 heavy (non-hydrogen) atoms. The van der Waals surface area contributed by atoms with Gasteiger partial charge in [0.2, 0.25) is 11.9 Å². The summed E-state index contributed by atoms with van der Waals surface area (Å²) < 4.78 is 50.9. The lowest BCUT2D eigenvalue weighted by Gasteiger charge is -2.15. The number of imidazole rings is 2. The van der Waals surface area contributed by atoms with Crippen molar-refractivity contribution < 1.29 is 60.6 Å². The van der Waals surface area contributed by atoms with E-state index in [1.165, 1.54) is 12.7 Å². The number of nitrogens with two attached hydrogens (primary N) is 2. The zero-order valence-electron chi connectivity index (χ0n) is 18.2. The van der Waals surface area contributed by atoms with Crippen LogP contribution in [0.1, 0.15) is 0 Å². The number of aromatic nitrogens is 8. The summed E-state index contributed by atoms with van der Waals surface area (Å²) in [5.41, 5.74) is 11.3. The Morgan fingerprint density at radius 2 is 0.974 bits per heavy atom. The third-order valence-electron chi connectivity index (χ3n) is 3.25. The van der Waals surface area contributed by atoms with Gasteiger partial charge in [-0.25, -0.2) is 28.2 Å². The summed E-state index contributed by atoms with van der Waals surface area (Å²) >= 11 is 0. The Morgan fingerprint density at radius 1 is 0.641 bits per heavy atom. The second kappa shape index (κ2) is 11.9. The molecule has 0 saturated heterocycles. The standard InChI is InChI=1S/2C5H5N5O.H6O13P4/c2*6-5-9-3-2(4(11)10-5)7-1-8-3;1-14(2,3)11-16(7,8)13-17(9,10)12-15(4,5)6/h2*1H,(H4,6,7,8,9,10,11);(H,7,8)(H,9,10)(H2,1,2,3)(H2,4,5,6). The topological polar surface area (TPSA) is 418 Å². The fraction of sp³-hybridized carbons (Fsp3) is 0. The lowest BCUT2D eigenvalue weighted by molar-refractivity contribution is 0.194. The molecule has 0 fully saturated rings. The van der Waals surface area contributed by atoms with E-state index in [-0.39, 0.29) is 23.0 Å². The summed E-state index contributed by atoms with van der Waals surface area (Å²) in [6, 6.07) is 0. The van der Waals surface area contributed by atoms with Crippen LogP contribution in [0.15, 0.2) is 22.2 Å². The van der Waals surface area contributed by atoms with E-state index in [1.807, 2.05) is 0 Å². The van der Waals surface area contributed by atoms with Crippen molar-refractivity contribution in [3.05, 3.63) is 33.4 Å². The van der Waals surface area contributed by atoms with Gasteiger partial charge in [0.25, 0.3) is 11.1 Å². The maximum absolute atomic E-state index is 11.0. The van der Waals surface area contributed by atoms with Crippen molar-refractivity contribution in [2.75, 3.05) is 11.5 Å². The van der Waals surface area contributed by atoms with E-state index in [0.717, 1.165) is 0 Å². The first kappa shape index (κ1) is 32.1. The van der Waals surface area contributed by atoms with Crippen molar-refractivity contribution in [3.8, 4) is 0 Å². The van der Waals surface area contributed by atoms with Crippen LogP contribution in [-0.4, -0.2) is 69.2 Å². The molecule has 216 valence electrons. The second-order valence-electron chi connectivity index (χ2n) is 6.27. The van der Waals surface area contributed by atoms with Gasteiger partial charge in [-0.2, -0.15) is 22.9 Å². The highest BCUT2D eigenvalue weighted by molar-refractivity contribution is 7.69. The molecule has 0 aromatic carbocycles. The van der Waals surface area contributed by atoms with E-state index in [4.69, 9.17) is 40.8 Å². The molecular formula is C10H16N10O15P4. The largest absolute Gasteiger partial charge is 0.490 e. The van der Waals surface area contributed by atoms with Gasteiger partial charge < -0.3 is 50.8 Å². The maximum atomic E-state index is 11.0. The maximum Gasteiger partial charge on any atom is 0.490 e. The van der Waals surface area contributed by atoms with Gasteiger partial charge in [0.1, 0.15) is 0 Å². The summed E-state index contributed by atoms with van der Waals surface area (Å²) in [5.74, 6) is 0.157. The summed E-state index contributed by atoms with van der Waals surface area (Å²) in [6.07, 6.45) is 2.79. The van der Waals surface area contributed by atoms with Gasteiger partial charge in [-0.15, -0.1) is 0 Å². The zero-order valence-corrected chi connectivity index (χ0v) is 21.8. The number of nitrogens with zero attached hydrogens (tertiary/aromatic N) is 4. The Hall–Kier alpha value is -3.14. The second-order valence-corrected chi connectivity index (χ2v) is 12.1. The first-order valence-electron chi connectivity index (χ1n) is 8.95. The van der Waals surface area contributed by atoms with Gasteiger partial charge in [0.15, 0.2) is 22.3 Å². The molecule has 4 rings (SSSR count). The normalized spacial score (nSPS) is 14.9. The van der Waals surface area contributed by atoms with Crippen LogP contribution in [0.25, 0.3) is 22.3 Å². The monoisotopic (exact) mass is 640 g/mol. The Morgan fingerprint density at radius 3 is 1.28 bits per heavy atom. The third kappa shape index (κ3) is 10.9. The van der Waals surface area contributed by atoms with Gasteiger partial charge in [-0.3, -0.25) is 19.6 Å². The average molecular weight is 640 g/mol. The zero-order chi connectivity index (χ0) is 29.8. The highest BCUT2D eigenvalue weighted by Crippen LogP contribution is 2.69. The van der Waals surface area contributed by atoms with E-state index in [0.29, 0.717) is 22.3 Å². The summed E-state index contributed by atoms with van der Waals surface area (Å²) in [4.78, 5) is 96.5. The summed E-state index contributed by atoms with van der Waals surface area (Å²) in [5, 5.41) is 0. The molecule has 0 radical (unpaired) electrons. The highest BCUT2D eigenvalue weighted by atomic mass is 31.3. The Labute approximate surface area is 211 Å². The molecule has 29 heteroatoms. The Balaban J connectivity index is 0.000000211. The van der Waals surface area contributed by atoms with E-state index in [9.17, 15) is 27.8 Å². The first-order chi connectivity index (χ1) is 17.7. The fourth-order valence-electron chi connectivity index (χ4n) is 2.15. The number of nitrogen functional groups attached to an aromatic ring is 2. The molecule has 25 nitrogen and oxygen atoms in total. The average Bonchev–Trinajstić information content (AvgIpc) is 3.33. The quantitative estimate of drug-likeness (QED) is 0.100. The van der Waals surface area contributed by atoms with Crippen LogP contribution >= 0.6 is 31.3 Å². The van der Waals surface area contributed by atoms with Crippen molar-refractivity contribution in [1.29, 1.82) is 0 Å². The molecule has 0 spiro atoms. The van der Waals surface area contributed by atoms with Gasteiger partial charge in [0, 0.05) is 0 Å². The molecule has 4 heterocycles. The fourth-order valence-corrected chi connectivity index (χ4v) is 6.12. The molecule has 0 bridgehead atoms. The molecular weight excluding hydrogens is 624 g/mol. The minimum Gasteiger partial charge on any atom is -0.369 e. The number of anilines is 2. The summed E-state index contributed by atoms with van der Waals surface area (Å²) in [7, 11) is -22.6. The molecule has 0 aliphatic heterocycles. The van der Waals surface area contributed by atoms with Crippen LogP contribution in [-0.2, 0) is 31.2 Å². The SMILES string of the molecule is Nc1nc2nc[nH]c2c(=O)[nH]1.Nc1nc2nc[nH]c2c(=O)[nH]1.O=P(O)(O)OP(=O)(O)OP(=O)(O)OP(=O)(O)O. The van der Waals surface area contributed by atoms with Crippen LogP contribution in [0.5, 0.6) is 0 Å². The molecule has 0 saturated carbocycles. The van der Waals surface area contributed by atoms with Gasteiger partial charge in [-0.05, 0) is 0 Å². The van der Waals surface area contributed by atoms with Gasteiger partial charge >= 0.3 is 31.3 Å². The number of rotatable bonds is 6. The predicted molar refractivity (Wildman–Crippen MR) is 125 cm³/mol. The molecule has 0 aliphatic rings. The minimum atomic E-state index is -5.77. The number of hydrogen-bond donors (Lipinski definition) is 12. The lowest BCUT2D eigenvalue weighted by atomic mass is 10.5. The minimum absolute atomic E-state index is 0.0783. The predicted octanol–water partition coefficient (Wildman–Crippen LogP) is -2.12. The number of hydrogen-bond acceptors (Lipinski definition) is 15. The Kier molecular flexibility index (Phi) is 9.82. The van der Waals surface area contributed by atoms with Crippen molar-refractivity contribution in [3.63, 3.8) is 0 Å². The van der Waals surface area contributed by atoms with E-state index in [1.54, 1.807) is 0 Å². The number of fused-ring (bicyclic) bond motifs is 2. The third-order valence-corrected chi connectivity index (χ3v) is 8.26. The van der Waals surface area contributed by atoms with Crippen molar-refractivity contribution >= 4 is 65.5 Å². The molecule has 2 atom stereocenters. The van der Waals surface area contributed by atoms with E-state index in [2.05, 4.69) is 52.8 Å². The van der Waals surface area contributed by atoms with Crippen molar-refractivity contribution in [2.24, 2.45) is 0 Å². The Bertz CT molecular complexity index is 1640. The van der Waals surface area contributed by atoms with Crippen LogP contribution < -0.4 is 22.6 Å². The van der Waals surface area contributed by atoms with Crippen LogP contribution in [0, 0.1) is 0 Å². The highest BCUT2D eigenvalue weighted by Gasteiger charge is 2.43. The van der Waals surface area contributed by atoms with Gasteiger partial charge in [-0.1, -0.05) is 0 Å². The van der Waals surface area contributed by atoms with Crippen LogP contribution in [0.3, 0.4) is 0 Å². The van der Waals surface area contributed by atoms with E-state index >= 15 is 0 Å². The molecule has 0 amide bonds. The molecule has 2 unspecified atom stereocenters. The number of aromatic amines is 4. The lowest BCUT2D eigenvalue weighted by Crippen LogP contribution is -2.10. The molecule has 4 aromatic rings. The molecule has 0 aliphatic carbocycles. The first-order valence-corrected chi connectivity index (χ1v) is 15.0. The van der Waals surface area contributed by atoms with Gasteiger partial charge in [0.05, 0.1) is 12.7 Å². The smallest absolute Gasteiger partial charge is 0.369 e. The number of phosphoric acid groups is 4. The van der Waals surface area contributed by atoms with Crippen molar-refractivity contribution in [2.45, 2.75) is 0 Å². The van der Waals surface area contributed by atoms with Crippen LogP contribution in [0.2, 0.25) is 0 Å². The number of nitrogens with one attached hydrogen (secondary N) is 4. The van der Waals surface area contributed by atoms with Crippen LogP contribution in [0.4, 0.5) is 11.9 Å². The van der Waals surface area contributed by atoms with E-state index < -0.39 is 31.3 Å². The van der Waals surface area contributed by atoms with Crippen molar-refractivity contribution in [1.82, 2.24) is 39.9 Å². The summed E-state index contributed by atoms with van der Waals surface area (Å²) in [6.45, 7) is 0. The number of H-pyrrole nitrogens is 4. The molecule has 14 N–H and O–H groups in total. The molecule has 4 aromatic heterocycles.